The molecule has 0 aliphatic rings. The number of nitrogens with zero attached hydrogens (tertiary/aromatic N) is 1. The molecule has 3 N–H and O–H groups in total. The lowest BCUT2D eigenvalue weighted by atomic mass is 10.1. The van der Waals surface area contributed by atoms with Crippen LogP contribution in [0.25, 0.3) is 0 Å². The summed E-state index contributed by atoms with van der Waals surface area (Å²) >= 11 is 0. The first kappa shape index (κ1) is 18.1. The second-order valence-electron chi connectivity index (χ2n) is 5.21. The van der Waals surface area contributed by atoms with E-state index in [9.17, 15) is 8.42 Å². The van der Waals surface area contributed by atoms with Gasteiger partial charge in [0.15, 0.2) is 0 Å². The summed E-state index contributed by atoms with van der Waals surface area (Å²) in [6.07, 6.45) is 0. The monoisotopic (exact) mass is 315 g/mol. The highest BCUT2D eigenvalue weighted by Crippen LogP contribution is 2.15. The van der Waals surface area contributed by atoms with Crippen LogP contribution in [0, 0.1) is 0 Å². The zero-order chi connectivity index (χ0) is 15.9. The Morgan fingerprint density at radius 3 is 2.38 bits per heavy atom. The lowest BCUT2D eigenvalue weighted by Crippen LogP contribution is -2.25. The normalized spacial score (nSPS) is 13.6. The van der Waals surface area contributed by atoms with Crippen molar-refractivity contribution < 1.29 is 13.2 Å². The molecule has 6 nitrogen and oxygen atoms in total. The summed E-state index contributed by atoms with van der Waals surface area (Å²) in [5, 5.41) is 8.39. The molecule has 1 unspecified atom stereocenters. The summed E-state index contributed by atoms with van der Waals surface area (Å²) in [5.74, 6) is 0. The molecule has 0 aliphatic carbocycles. The first-order valence-electron chi connectivity index (χ1n) is 6.89. The predicted molar refractivity (Wildman–Crippen MR) is 83.6 cm³/mol. The van der Waals surface area contributed by atoms with E-state index in [0.29, 0.717) is 13.2 Å². The van der Waals surface area contributed by atoms with Crippen molar-refractivity contribution in [2.75, 3.05) is 40.4 Å². The van der Waals surface area contributed by atoms with Gasteiger partial charge in [0.2, 0.25) is 10.0 Å². The van der Waals surface area contributed by atoms with E-state index < -0.39 is 10.0 Å². The van der Waals surface area contributed by atoms with E-state index in [1.54, 1.807) is 12.1 Å². The fourth-order valence-corrected chi connectivity index (χ4v) is 2.28. The molecule has 0 radical (unpaired) electrons. The number of likely N-dealkylation sites (N-methyl/N-ethyl adjacent to an activating group) is 1. The van der Waals surface area contributed by atoms with Crippen molar-refractivity contribution in [2.24, 2.45) is 5.14 Å². The molecule has 1 rings (SSSR count). The van der Waals surface area contributed by atoms with E-state index in [1.807, 2.05) is 21.0 Å². The van der Waals surface area contributed by atoms with Crippen molar-refractivity contribution in [3.8, 4) is 0 Å². The van der Waals surface area contributed by atoms with Crippen LogP contribution in [0.2, 0.25) is 0 Å². The number of rotatable bonds is 9. The van der Waals surface area contributed by atoms with E-state index in [2.05, 4.69) is 10.2 Å². The molecule has 1 aromatic carbocycles. The van der Waals surface area contributed by atoms with Gasteiger partial charge in [0.25, 0.3) is 0 Å². The Balaban J connectivity index is 2.34. The molecule has 0 saturated heterocycles. The van der Waals surface area contributed by atoms with Gasteiger partial charge in [0.05, 0.1) is 18.1 Å². The van der Waals surface area contributed by atoms with E-state index in [-0.39, 0.29) is 10.9 Å². The van der Waals surface area contributed by atoms with E-state index in [1.165, 1.54) is 12.1 Å². The van der Waals surface area contributed by atoms with Gasteiger partial charge in [-0.25, -0.2) is 13.6 Å². The number of nitrogens with one attached hydrogen (secondary N) is 1. The van der Waals surface area contributed by atoms with Gasteiger partial charge in [0, 0.05) is 19.1 Å². The van der Waals surface area contributed by atoms with Crippen molar-refractivity contribution in [2.45, 2.75) is 17.9 Å². The zero-order valence-corrected chi connectivity index (χ0v) is 13.7. The third kappa shape index (κ3) is 7.01. The van der Waals surface area contributed by atoms with Gasteiger partial charge in [-0.05, 0) is 38.7 Å². The Bertz CT molecular complexity index is 515. The van der Waals surface area contributed by atoms with Crippen molar-refractivity contribution in [1.29, 1.82) is 0 Å². The van der Waals surface area contributed by atoms with Crippen LogP contribution >= 0.6 is 0 Å². The molecule has 120 valence electrons. The second-order valence-corrected chi connectivity index (χ2v) is 6.77. The van der Waals surface area contributed by atoms with Gasteiger partial charge in [0.1, 0.15) is 0 Å². The molecule has 1 atom stereocenters. The number of primary sulfonamides is 1. The van der Waals surface area contributed by atoms with Crippen LogP contribution in [0.4, 0.5) is 0 Å². The van der Waals surface area contributed by atoms with Gasteiger partial charge in [-0.3, -0.25) is 0 Å². The molecule has 0 heterocycles. The molecular weight excluding hydrogens is 290 g/mol. The molecule has 0 spiro atoms. The fourth-order valence-electron chi connectivity index (χ4n) is 1.76. The highest BCUT2D eigenvalue weighted by atomic mass is 32.2. The van der Waals surface area contributed by atoms with E-state index >= 15 is 0 Å². The molecule has 0 aromatic heterocycles. The smallest absolute Gasteiger partial charge is 0.238 e. The van der Waals surface area contributed by atoms with Crippen LogP contribution in [0.5, 0.6) is 0 Å². The minimum atomic E-state index is -3.62. The van der Waals surface area contributed by atoms with Crippen molar-refractivity contribution in [1.82, 2.24) is 10.2 Å². The maximum Gasteiger partial charge on any atom is 0.238 e. The van der Waals surface area contributed by atoms with Crippen LogP contribution < -0.4 is 10.5 Å². The molecule has 0 amide bonds. The van der Waals surface area contributed by atoms with Crippen molar-refractivity contribution in [3.05, 3.63) is 29.8 Å². The van der Waals surface area contributed by atoms with Gasteiger partial charge < -0.3 is 15.0 Å². The molecule has 0 aliphatic heterocycles. The van der Waals surface area contributed by atoms with Crippen LogP contribution in [-0.4, -0.2) is 53.7 Å². The van der Waals surface area contributed by atoms with Gasteiger partial charge >= 0.3 is 0 Å². The average Bonchev–Trinajstić information content (AvgIpc) is 2.41. The molecular formula is C14H25N3O3S. The zero-order valence-electron chi connectivity index (χ0n) is 12.9. The van der Waals surface area contributed by atoms with Gasteiger partial charge in [-0.1, -0.05) is 12.1 Å². The standard InChI is InChI=1S/C14H25N3O3S/c1-12(16-8-10-20-11-9-17(2)3)13-4-6-14(7-5-13)21(15,18)19/h4-7,12,16H,8-11H2,1-3H3,(H2,15,18,19). The Kier molecular flexibility index (Phi) is 7.27. The number of hydrogen-bond acceptors (Lipinski definition) is 5. The van der Waals surface area contributed by atoms with Crippen LogP contribution in [0.1, 0.15) is 18.5 Å². The first-order valence-corrected chi connectivity index (χ1v) is 8.44. The van der Waals surface area contributed by atoms with Crippen molar-refractivity contribution in [3.63, 3.8) is 0 Å². The van der Waals surface area contributed by atoms with Crippen molar-refractivity contribution >= 4 is 10.0 Å². The third-order valence-electron chi connectivity index (χ3n) is 3.09. The minimum absolute atomic E-state index is 0.122. The largest absolute Gasteiger partial charge is 0.379 e. The highest BCUT2D eigenvalue weighted by molar-refractivity contribution is 7.89. The summed E-state index contributed by atoms with van der Waals surface area (Å²) in [6.45, 7) is 5.03. The number of sulfonamides is 1. The molecule has 0 fully saturated rings. The van der Waals surface area contributed by atoms with E-state index in [0.717, 1.165) is 18.7 Å². The number of ether oxygens (including phenoxy) is 1. The fraction of sp³-hybridized carbons (Fsp3) is 0.571. The third-order valence-corrected chi connectivity index (χ3v) is 4.02. The summed E-state index contributed by atoms with van der Waals surface area (Å²) < 4.78 is 27.8. The van der Waals surface area contributed by atoms with E-state index in [4.69, 9.17) is 9.88 Å². The quantitative estimate of drug-likeness (QED) is 0.651. The summed E-state index contributed by atoms with van der Waals surface area (Å²) in [4.78, 5) is 2.20. The summed E-state index contributed by atoms with van der Waals surface area (Å²) in [6, 6.07) is 6.71. The SMILES string of the molecule is CC(NCCOCCN(C)C)c1ccc(S(N)(=O)=O)cc1. The average molecular weight is 315 g/mol. The topological polar surface area (TPSA) is 84.7 Å². The Morgan fingerprint density at radius 1 is 1.24 bits per heavy atom. The molecule has 1 aromatic rings. The van der Waals surface area contributed by atoms with Crippen LogP contribution in [0.3, 0.4) is 0 Å². The Labute approximate surface area is 127 Å². The maximum absolute atomic E-state index is 11.2. The molecule has 0 saturated carbocycles. The lowest BCUT2D eigenvalue weighted by molar-refractivity contribution is 0.118. The first-order chi connectivity index (χ1) is 9.80. The predicted octanol–water partition coefficient (Wildman–Crippen LogP) is 0.563. The lowest BCUT2D eigenvalue weighted by Gasteiger charge is -2.15. The number of nitrogens with two attached hydrogens (primary N) is 1. The summed E-state index contributed by atoms with van der Waals surface area (Å²) in [5.41, 5.74) is 1.01. The Hall–Kier alpha value is -0.990. The number of hydrogen-bond donors (Lipinski definition) is 2. The summed E-state index contributed by atoms with van der Waals surface area (Å²) in [7, 11) is 0.394. The second kappa shape index (κ2) is 8.45. The molecule has 21 heavy (non-hydrogen) atoms. The minimum Gasteiger partial charge on any atom is -0.379 e. The molecule has 7 heteroatoms. The van der Waals surface area contributed by atoms with Crippen LogP contribution in [-0.2, 0) is 14.8 Å². The number of benzene rings is 1. The van der Waals surface area contributed by atoms with Crippen LogP contribution in [0.15, 0.2) is 29.2 Å². The van der Waals surface area contributed by atoms with Gasteiger partial charge in [-0.15, -0.1) is 0 Å². The Morgan fingerprint density at radius 2 is 1.86 bits per heavy atom. The maximum atomic E-state index is 11.2. The van der Waals surface area contributed by atoms with Gasteiger partial charge in [-0.2, -0.15) is 0 Å². The molecule has 0 bridgehead atoms. The highest BCUT2D eigenvalue weighted by Gasteiger charge is 2.09.